The average Bonchev–Trinajstić information content (AvgIpc) is 2.79. The van der Waals surface area contributed by atoms with E-state index in [1.807, 2.05) is 30.3 Å². The van der Waals surface area contributed by atoms with Gasteiger partial charge in [0.1, 0.15) is 5.82 Å². The molecule has 2 aliphatic rings. The highest BCUT2D eigenvalue weighted by atomic mass is 16.5. The Kier molecular flexibility index (Phi) is 6.36. The Balaban J connectivity index is 1.56. The quantitative estimate of drug-likeness (QED) is 0.652. The highest BCUT2D eigenvalue weighted by Gasteiger charge is 2.21. The number of morpholine rings is 1. The van der Waals surface area contributed by atoms with Gasteiger partial charge in [-0.15, -0.1) is 0 Å². The maximum atomic E-state index is 8.71. The standard InChI is InChI=1S/C22H30N6O/c23-18-8-6-16(7-9-18)14-25-21-19(20(24)17-4-2-1-3-5-17)15-26-22(27-21)28-10-12-29-13-11-28/h1-5,15-16,18,24H,6-14,23H2,(H,25,26,27). The lowest BCUT2D eigenvalue weighted by Gasteiger charge is -2.28. The Morgan fingerprint density at radius 1 is 1.14 bits per heavy atom. The molecule has 2 aromatic rings. The molecule has 7 heteroatoms. The van der Waals surface area contributed by atoms with E-state index in [2.05, 4.69) is 15.2 Å². The second-order valence-electron chi connectivity index (χ2n) is 7.93. The number of nitrogens with two attached hydrogens (primary N) is 1. The van der Waals surface area contributed by atoms with Crippen LogP contribution in [0.1, 0.15) is 36.8 Å². The second-order valence-corrected chi connectivity index (χ2v) is 7.93. The Labute approximate surface area is 172 Å². The molecule has 0 amide bonds. The van der Waals surface area contributed by atoms with Gasteiger partial charge in [-0.25, -0.2) is 4.98 Å². The molecule has 29 heavy (non-hydrogen) atoms. The fourth-order valence-corrected chi connectivity index (χ4v) is 4.00. The van der Waals surface area contributed by atoms with Crippen molar-refractivity contribution in [3.8, 4) is 0 Å². The van der Waals surface area contributed by atoms with Crippen molar-refractivity contribution in [1.29, 1.82) is 5.41 Å². The topological polar surface area (TPSA) is 100 Å². The van der Waals surface area contributed by atoms with E-state index in [1.165, 1.54) is 0 Å². The molecule has 0 unspecified atom stereocenters. The number of aromatic nitrogens is 2. The summed E-state index contributed by atoms with van der Waals surface area (Å²) in [4.78, 5) is 11.5. The first-order valence-corrected chi connectivity index (χ1v) is 10.5. The number of benzene rings is 1. The fourth-order valence-electron chi connectivity index (χ4n) is 4.00. The average molecular weight is 395 g/mol. The lowest BCUT2D eigenvalue weighted by molar-refractivity contribution is 0.122. The van der Waals surface area contributed by atoms with Crippen molar-refractivity contribution in [2.45, 2.75) is 31.7 Å². The fraction of sp³-hybridized carbons (Fsp3) is 0.500. The highest BCUT2D eigenvalue weighted by molar-refractivity contribution is 6.13. The van der Waals surface area contributed by atoms with E-state index in [0.717, 1.165) is 62.3 Å². The van der Waals surface area contributed by atoms with Gasteiger partial charge in [-0.2, -0.15) is 4.98 Å². The third-order valence-electron chi connectivity index (χ3n) is 5.85. The van der Waals surface area contributed by atoms with Crippen molar-refractivity contribution < 1.29 is 4.74 Å². The van der Waals surface area contributed by atoms with E-state index in [9.17, 15) is 0 Å². The first-order valence-electron chi connectivity index (χ1n) is 10.5. The molecule has 4 N–H and O–H groups in total. The van der Waals surface area contributed by atoms with E-state index in [4.69, 9.17) is 20.9 Å². The lowest BCUT2D eigenvalue weighted by atomic mass is 9.86. The van der Waals surface area contributed by atoms with Gasteiger partial charge in [0, 0.05) is 37.4 Å². The van der Waals surface area contributed by atoms with Gasteiger partial charge in [-0.1, -0.05) is 30.3 Å². The van der Waals surface area contributed by atoms with Crippen molar-refractivity contribution in [2.75, 3.05) is 43.1 Å². The third-order valence-corrected chi connectivity index (χ3v) is 5.85. The minimum Gasteiger partial charge on any atom is -0.378 e. The van der Waals surface area contributed by atoms with E-state index < -0.39 is 0 Å². The summed E-state index contributed by atoms with van der Waals surface area (Å²) in [7, 11) is 0. The molecule has 1 saturated carbocycles. The molecule has 7 nitrogen and oxygen atoms in total. The number of hydrogen-bond donors (Lipinski definition) is 3. The van der Waals surface area contributed by atoms with Gasteiger partial charge in [0.2, 0.25) is 5.95 Å². The highest BCUT2D eigenvalue weighted by Crippen LogP contribution is 2.25. The van der Waals surface area contributed by atoms with Gasteiger partial charge in [0.25, 0.3) is 0 Å². The van der Waals surface area contributed by atoms with Crippen LogP contribution in [0.15, 0.2) is 36.5 Å². The summed E-state index contributed by atoms with van der Waals surface area (Å²) in [5.41, 5.74) is 8.09. The summed E-state index contributed by atoms with van der Waals surface area (Å²) in [5.74, 6) is 2.03. The second kappa shape index (κ2) is 9.33. The molecular formula is C22H30N6O. The van der Waals surface area contributed by atoms with Crippen LogP contribution in [-0.2, 0) is 4.74 Å². The monoisotopic (exact) mass is 394 g/mol. The van der Waals surface area contributed by atoms with Crippen LogP contribution in [0.3, 0.4) is 0 Å². The summed E-state index contributed by atoms with van der Waals surface area (Å²) in [6.07, 6.45) is 6.23. The van der Waals surface area contributed by atoms with Crippen LogP contribution >= 0.6 is 0 Å². The number of anilines is 2. The molecule has 2 heterocycles. The number of ether oxygens (including phenoxy) is 1. The van der Waals surface area contributed by atoms with Gasteiger partial charge >= 0.3 is 0 Å². The minimum atomic E-state index is 0.347. The molecule has 0 radical (unpaired) electrons. The zero-order valence-corrected chi connectivity index (χ0v) is 16.8. The molecular weight excluding hydrogens is 364 g/mol. The molecule has 2 fully saturated rings. The first-order chi connectivity index (χ1) is 14.2. The van der Waals surface area contributed by atoms with Crippen LogP contribution in [-0.4, -0.2) is 54.6 Å². The molecule has 1 aliphatic carbocycles. The molecule has 1 saturated heterocycles. The Morgan fingerprint density at radius 2 is 1.86 bits per heavy atom. The summed E-state index contributed by atoms with van der Waals surface area (Å²) in [6.45, 7) is 3.80. The molecule has 1 aromatic heterocycles. The zero-order valence-electron chi connectivity index (χ0n) is 16.8. The van der Waals surface area contributed by atoms with Crippen LogP contribution < -0.4 is 16.0 Å². The van der Waals surface area contributed by atoms with E-state index in [1.54, 1.807) is 6.20 Å². The molecule has 4 rings (SSSR count). The molecule has 1 aliphatic heterocycles. The Bertz CT molecular complexity index is 813. The van der Waals surface area contributed by atoms with Crippen molar-refractivity contribution in [3.63, 3.8) is 0 Å². The van der Waals surface area contributed by atoms with Crippen molar-refractivity contribution in [3.05, 3.63) is 47.7 Å². The van der Waals surface area contributed by atoms with E-state index in [0.29, 0.717) is 36.8 Å². The predicted octanol–water partition coefficient (Wildman–Crippen LogP) is 2.66. The SMILES string of the molecule is N=C(c1ccccc1)c1cnc(N2CCOCC2)nc1NCC1CCC(N)CC1. The number of rotatable bonds is 6. The van der Waals surface area contributed by atoms with Crippen LogP contribution in [0.25, 0.3) is 0 Å². The van der Waals surface area contributed by atoms with Crippen LogP contribution in [0, 0.1) is 11.3 Å². The number of nitrogens with zero attached hydrogens (tertiary/aromatic N) is 3. The van der Waals surface area contributed by atoms with Crippen LogP contribution in [0.5, 0.6) is 0 Å². The molecule has 1 aromatic carbocycles. The summed E-state index contributed by atoms with van der Waals surface area (Å²) < 4.78 is 5.45. The molecule has 0 bridgehead atoms. The largest absolute Gasteiger partial charge is 0.378 e. The summed E-state index contributed by atoms with van der Waals surface area (Å²) >= 11 is 0. The van der Waals surface area contributed by atoms with E-state index >= 15 is 0 Å². The Morgan fingerprint density at radius 3 is 2.59 bits per heavy atom. The van der Waals surface area contributed by atoms with Crippen molar-refractivity contribution in [1.82, 2.24) is 9.97 Å². The summed E-state index contributed by atoms with van der Waals surface area (Å²) in [5, 5.41) is 12.2. The van der Waals surface area contributed by atoms with Crippen LogP contribution in [0.2, 0.25) is 0 Å². The molecule has 154 valence electrons. The van der Waals surface area contributed by atoms with Crippen molar-refractivity contribution >= 4 is 17.5 Å². The Hall–Kier alpha value is -2.51. The maximum absolute atomic E-state index is 8.71. The third kappa shape index (κ3) is 4.92. The normalized spacial score (nSPS) is 22.3. The van der Waals surface area contributed by atoms with Gasteiger partial charge in [-0.05, 0) is 31.6 Å². The van der Waals surface area contributed by atoms with Gasteiger partial charge in [0.15, 0.2) is 0 Å². The van der Waals surface area contributed by atoms with Gasteiger partial charge < -0.3 is 20.7 Å². The van der Waals surface area contributed by atoms with E-state index in [-0.39, 0.29) is 0 Å². The lowest BCUT2D eigenvalue weighted by Crippen LogP contribution is -2.37. The number of nitrogens with one attached hydrogen (secondary N) is 2. The van der Waals surface area contributed by atoms with Crippen molar-refractivity contribution in [2.24, 2.45) is 11.7 Å². The smallest absolute Gasteiger partial charge is 0.227 e. The van der Waals surface area contributed by atoms with Gasteiger partial charge in [-0.3, -0.25) is 5.41 Å². The predicted molar refractivity (Wildman–Crippen MR) is 116 cm³/mol. The maximum Gasteiger partial charge on any atom is 0.227 e. The number of hydrogen-bond acceptors (Lipinski definition) is 7. The van der Waals surface area contributed by atoms with Gasteiger partial charge in [0.05, 0.1) is 24.5 Å². The molecule has 0 atom stereocenters. The minimum absolute atomic E-state index is 0.347. The zero-order chi connectivity index (χ0) is 20.1. The first kappa shape index (κ1) is 19.8. The van der Waals surface area contributed by atoms with Crippen LogP contribution in [0.4, 0.5) is 11.8 Å². The summed E-state index contributed by atoms with van der Waals surface area (Å²) in [6, 6.07) is 10.1. The molecule has 0 spiro atoms.